The number of halogens is 2. The van der Waals surface area contributed by atoms with E-state index in [0.29, 0.717) is 18.6 Å². The fourth-order valence-corrected chi connectivity index (χ4v) is 6.37. The number of ether oxygens (including phenoxy) is 1. The highest BCUT2D eigenvalue weighted by molar-refractivity contribution is 9.10. The number of hydrogen-bond acceptors (Lipinski definition) is 2. The summed E-state index contributed by atoms with van der Waals surface area (Å²) < 4.78 is 21.2. The largest absolute Gasteiger partial charge is 0.448 e. The summed E-state index contributed by atoms with van der Waals surface area (Å²) in [7, 11) is 0. The average Bonchev–Trinajstić information content (AvgIpc) is 3.28. The van der Waals surface area contributed by atoms with Crippen LogP contribution in [-0.4, -0.2) is 29.7 Å². The van der Waals surface area contributed by atoms with Crippen molar-refractivity contribution in [3.05, 3.63) is 99.8 Å². The van der Waals surface area contributed by atoms with Crippen LogP contribution in [0.4, 0.5) is 9.18 Å². The lowest BCUT2D eigenvalue weighted by molar-refractivity contribution is 0.0866. The van der Waals surface area contributed by atoms with Crippen LogP contribution < -0.4 is 0 Å². The zero-order chi connectivity index (χ0) is 22.5. The van der Waals surface area contributed by atoms with E-state index in [1.165, 1.54) is 28.3 Å². The number of nitrogens with zero attached hydrogens (tertiary/aromatic N) is 1. The molecule has 2 atom stereocenters. The van der Waals surface area contributed by atoms with Crippen LogP contribution in [-0.2, 0) is 4.74 Å². The minimum atomic E-state index is -0.271. The number of benzene rings is 3. The quantitative estimate of drug-likeness (QED) is 0.379. The number of carbonyl (C=O) groups excluding carboxylic acids is 1. The summed E-state index contributed by atoms with van der Waals surface area (Å²) >= 11 is 3.49. The Bertz CT molecular complexity index is 1220. The van der Waals surface area contributed by atoms with E-state index in [9.17, 15) is 9.18 Å². The average molecular weight is 504 g/mol. The Morgan fingerprint density at radius 3 is 2.33 bits per heavy atom. The van der Waals surface area contributed by atoms with Crippen molar-refractivity contribution >= 4 is 27.6 Å². The molecule has 0 radical (unpaired) electrons. The Morgan fingerprint density at radius 2 is 1.67 bits per heavy atom. The number of hydrogen-bond donors (Lipinski definition) is 0. The molecule has 2 aliphatic heterocycles. The summed E-state index contributed by atoms with van der Waals surface area (Å²) in [6, 6.07) is 21.7. The molecule has 2 bridgehead atoms. The van der Waals surface area contributed by atoms with Crippen molar-refractivity contribution in [2.24, 2.45) is 0 Å². The van der Waals surface area contributed by atoms with Crippen LogP contribution in [0.2, 0.25) is 0 Å². The predicted molar refractivity (Wildman–Crippen MR) is 130 cm³/mol. The molecule has 0 saturated carbocycles. The molecular weight excluding hydrogens is 481 g/mol. The van der Waals surface area contributed by atoms with Crippen LogP contribution in [0.1, 0.15) is 41.9 Å². The summed E-state index contributed by atoms with van der Waals surface area (Å²) in [5.41, 5.74) is 6.43. The Labute approximate surface area is 201 Å². The lowest BCUT2D eigenvalue weighted by atomic mass is 9.94. The Morgan fingerprint density at radius 1 is 0.970 bits per heavy atom. The summed E-state index contributed by atoms with van der Waals surface area (Å²) in [6.07, 6.45) is 4.20. The van der Waals surface area contributed by atoms with E-state index in [1.54, 1.807) is 6.07 Å². The van der Waals surface area contributed by atoms with Crippen molar-refractivity contribution in [1.29, 1.82) is 0 Å². The fraction of sp³-hybridized carbons (Fsp3) is 0.250. The van der Waals surface area contributed by atoms with Crippen LogP contribution in [0, 0.1) is 5.82 Å². The molecule has 1 aliphatic carbocycles. The first-order valence-electron chi connectivity index (χ1n) is 11.4. The van der Waals surface area contributed by atoms with Crippen molar-refractivity contribution < 1.29 is 13.9 Å². The zero-order valence-electron chi connectivity index (χ0n) is 18.0. The lowest BCUT2D eigenvalue weighted by Crippen LogP contribution is -2.43. The first kappa shape index (κ1) is 20.7. The van der Waals surface area contributed by atoms with Gasteiger partial charge in [-0.25, -0.2) is 9.18 Å². The first-order chi connectivity index (χ1) is 16.1. The molecule has 6 rings (SSSR count). The van der Waals surface area contributed by atoms with Crippen molar-refractivity contribution in [3.63, 3.8) is 0 Å². The lowest BCUT2D eigenvalue weighted by Gasteiger charge is -2.34. The van der Waals surface area contributed by atoms with E-state index in [0.717, 1.165) is 22.9 Å². The van der Waals surface area contributed by atoms with E-state index in [2.05, 4.69) is 40.2 Å². The second-order valence-electron chi connectivity index (χ2n) is 9.00. The smallest absolute Gasteiger partial charge is 0.410 e. The SMILES string of the molecule is O=C(OCC1c2ccccc2-c2ccccc21)N1C2C=C(c3c(F)cccc3Br)CC1CC2. The van der Waals surface area contributed by atoms with Crippen LogP contribution in [0.3, 0.4) is 0 Å². The molecule has 3 nitrogen and oxygen atoms in total. The van der Waals surface area contributed by atoms with Gasteiger partial charge < -0.3 is 4.74 Å². The summed E-state index contributed by atoms with van der Waals surface area (Å²) in [6.45, 7) is 0.318. The van der Waals surface area contributed by atoms with Crippen molar-refractivity contribution in [3.8, 4) is 11.1 Å². The molecule has 3 aromatic rings. The van der Waals surface area contributed by atoms with Gasteiger partial charge in [0.05, 0.1) is 6.04 Å². The van der Waals surface area contributed by atoms with Crippen molar-refractivity contribution in [1.82, 2.24) is 4.90 Å². The molecule has 3 aromatic carbocycles. The highest BCUT2D eigenvalue weighted by Gasteiger charge is 2.41. The highest BCUT2D eigenvalue weighted by atomic mass is 79.9. The van der Waals surface area contributed by atoms with Gasteiger partial charge >= 0.3 is 6.09 Å². The monoisotopic (exact) mass is 503 g/mol. The van der Waals surface area contributed by atoms with Gasteiger partial charge in [-0.2, -0.15) is 0 Å². The maximum Gasteiger partial charge on any atom is 0.410 e. The molecular formula is C28H23BrFNO2. The first-order valence-corrected chi connectivity index (χ1v) is 12.2. The van der Waals surface area contributed by atoms with Gasteiger partial charge in [-0.15, -0.1) is 0 Å². The minimum Gasteiger partial charge on any atom is -0.448 e. The molecule has 2 unspecified atom stereocenters. The van der Waals surface area contributed by atoms with E-state index in [1.807, 2.05) is 41.3 Å². The molecule has 0 spiro atoms. The third-order valence-corrected chi connectivity index (χ3v) is 7.89. The van der Waals surface area contributed by atoms with Gasteiger partial charge in [0.2, 0.25) is 0 Å². The predicted octanol–water partition coefficient (Wildman–Crippen LogP) is 7.16. The maximum atomic E-state index is 14.5. The molecule has 0 aromatic heterocycles. The van der Waals surface area contributed by atoms with Crippen molar-refractivity contribution in [2.45, 2.75) is 37.3 Å². The Balaban J connectivity index is 1.22. The molecule has 2 heterocycles. The minimum absolute atomic E-state index is 0.0390. The molecule has 33 heavy (non-hydrogen) atoms. The van der Waals surface area contributed by atoms with Gasteiger partial charge in [-0.05, 0) is 59.2 Å². The second-order valence-corrected chi connectivity index (χ2v) is 9.86. The normalized spacial score (nSPS) is 20.9. The summed E-state index contributed by atoms with van der Waals surface area (Å²) in [5.74, 6) is -0.186. The van der Waals surface area contributed by atoms with Gasteiger partial charge in [-0.3, -0.25) is 4.90 Å². The Hall–Kier alpha value is -2.92. The van der Waals surface area contributed by atoms with Gasteiger partial charge in [-0.1, -0.05) is 76.6 Å². The van der Waals surface area contributed by atoms with Gasteiger partial charge in [0, 0.05) is 22.0 Å². The number of amides is 1. The fourth-order valence-electron chi connectivity index (χ4n) is 5.77. The molecule has 5 heteroatoms. The summed E-state index contributed by atoms with van der Waals surface area (Å²) in [4.78, 5) is 15.1. The molecule has 3 aliphatic rings. The third kappa shape index (κ3) is 3.41. The van der Waals surface area contributed by atoms with Crippen LogP contribution in [0.5, 0.6) is 0 Å². The van der Waals surface area contributed by atoms with E-state index in [4.69, 9.17) is 4.74 Å². The standard InChI is InChI=1S/C28H23BrFNO2/c29-25-10-5-11-26(30)27(25)17-14-18-12-13-19(15-17)31(18)28(32)33-16-24-22-8-3-1-6-20(22)21-7-2-4-9-23(21)24/h1-11,14,18-19,24H,12-13,15-16H2. The van der Waals surface area contributed by atoms with Gasteiger partial charge in [0.25, 0.3) is 0 Å². The van der Waals surface area contributed by atoms with Gasteiger partial charge in [0.1, 0.15) is 12.4 Å². The number of carbonyl (C=O) groups is 1. The zero-order valence-corrected chi connectivity index (χ0v) is 19.6. The highest BCUT2D eigenvalue weighted by Crippen LogP contribution is 2.45. The van der Waals surface area contributed by atoms with Gasteiger partial charge in [0.15, 0.2) is 0 Å². The third-order valence-electron chi connectivity index (χ3n) is 7.23. The van der Waals surface area contributed by atoms with Crippen LogP contribution in [0.15, 0.2) is 77.3 Å². The molecule has 166 valence electrons. The molecule has 1 fully saturated rings. The molecule has 1 saturated heterocycles. The van der Waals surface area contributed by atoms with E-state index < -0.39 is 0 Å². The molecule has 0 N–H and O–H groups in total. The Kier molecular flexibility index (Phi) is 5.10. The topological polar surface area (TPSA) is 29.5 Å². The van der Waals surface area contributed by atoms with E-state index in [-0.39, 0.29) is 29.9 Å². The van der Waals surface area contributed by atoms with Crippen molar-refractivity contribution in [2.75, 3.05) is 6.61 Å². The summed E-state index contributed by atoms with van der Waals surface area (Å²) in [5, 5.41) is 0. The number of fused-ring (bicyclic) bond motifs is 5. The van der Waals surface area contributed by atoms with Crippen LogP contribution >= 0.6 is 15.9 Å². The second kappa shape index (κ2) is 8.14. The maximum absolute atomic E-state index is 14.5. The van der Waals surface area contributed by atoms with E-state index >= 15 is 0 Å². The number of rotatable bonds is 3. The van der Waals surface area contributed by atoms with Crippen LogP contribution in [0.25, 0.3) is 16.7 Å². The molecule has 1 amide bonds.